The minimum Gasteiger partial charge on any atom is -0.507 e. The molecule has 0 aliphatic carbocycles. The Bertz CT molecular complexity index is 896. The lowest BCUT2D eigenvalue weighted by Gasteiger charge is -2.04. The second kappa shape index (κ2) is 5.85. The fraction of sp³-hybridized carbons (Fsp3) is 0.200. The van der Waals surface area contributed by atoms with Crippen LogP contribution in [0, 0.1) is 20.8 Å². The predicted octanol–water partition coefficient (Wildman–Crippen LogP) is 2.63. The number of phenols is 1. The zero-order chi connectivity index (χ0) is 16.6. The summed E-state index contributed by atoms with van der Waals surface area (Å²) in [6, 6.07) is 6.70. The van der Waals surface area contributed by atoms with Crippen molar-refractivity contribution in [3.8, 4) is 11.7 Å². The standard InChI is InChI=1S/C15H15ClN6O/c1-9-6-10(2)21(20-9)15-19-18-11(3)22(15)17-8-12-7-13(16)4-5-14(12)23/h4-8,23H,1-3H3. The van der Waals surface area contributed by atoms with E-state index in [-0.39, 0.29) is 5.75 Å². The number of aromatic nitrogens is 5. The summed E-state index contributed by atoms with van der Waals surface area (Å²) in [6.45, 7) is 5.63. The Morgan fingerprint density at radius 3 is 2.65 bits per heavy atom. The van der Waals surface area contributed by atoms with E-state index in [9.17, 15) is 5.11 Å². The first-order chi connectivity index (χ1) is 11.0. The van der Waals surface area contributed by atoms with Crippen molar-refractivity contribution in [2.75, 3.05) is 0 Å². The maximum Gasteiger partial charge on any atom is 0.273 e. The highest BCUT2D eigenvalue weighted by Crippen LogP contribution is 2.20. The Balaban J connectivity index is 2.04. The fourth-order valence-corrected chi connectivity index (χ4v) is 2.37. The van der Waals surface area contributed by atoms with Crippen LogP contribution in [0.2, 0.25) is 5.02 Å². The molecule has 0 saturated carbocycles. The van der Waals surface area contributed by atoms with Gasteiger partial charge in [-0.05, 0) is 45.0 Å². The van der Waals surface area contributed by atoms with Gasteiger partial charge in [-0.3, -0.25) is 0 Å². The summed E-state index contributed by atoms with van der Waals surface area (Å²) in [6.07, 6.45) is 1.51. The van der Waals surface area contributed by atoms with Crippen LogP contribution in [0.25, 0.3) is 5.95 Å². The minimum absolute atomic E-state index is 0.0940. The van der Waals surface area contributed by atoms with Crippen molar-refractivity contribution >= 4 is 17.8 Å². The third kappa shape index (κ3) is 2.95. The molecule has 0 radical (unpaired) electrons. The van der Waals surface area contributed by atoms with Crippen molar-refractivity contribution in [1.82, 2.24) is 24.7 Å². The molecule has 2 heterocycles. The van der Waals surface area contributed by atoms with Gasteiger partial charge < -0.3 is 5.11 Å². The normalized spacial score (nSPS) is 11.5. The van der Waals surface area contributed by atoms with E-state index in [1.54, 1.807) is 28.4 Å². The van der Waals surface area contributed by atoms with E-state index in [0.717, 1.165) is 11.4 Å². The number of hydrogen-bond acceptors (Lipinski definition) is 5. The van der Waals surface area contributed by atoms with Gasteiger partial charge in [0.1, 0.15) is 5.75 Å². The van der Waals surface area contributed by atoms with Gasteiger partial charge in [-0.25, -0.2) is 4.68 Å². The topological polar surface area (TPSA) is 81.1 Å². The molecule has 0 aliphatic heterocycles. The van der Waals surface area contributed by atoms with Crippen LogP contribution in [-0.2, 0) is 0 Å². The summed E-state index contributed by atoms with van der Waals surface area (Å²) >= 11 is 5.94. The average Bonchev–Trinajstić information content (AvgIpc) is 3.02. The molecule has 7 nitrogen and oxygen atoms in total. The number of phenolic OH excluding ortho intramolecular Hbond substituents is 1. The lowest BCUT2D eigenvalue weighted by atomic mass is 10.2. The van der Waals surface area contributed by atoms with Gasteiger partial charge in [0.05, 0.1) is 11.9 Å². The van der Waals surface area contributed by atoms with E-state index in [2.05, 4.69) is 20.4 Å². The molecule has 118 valence electrons. The molecule has 1 aromatic carbocycles. The maximum atomic E-state index is 9.86. The van der Waals surface area contributed by atoms with Crippen molar-refractivity contribution in [3.63, 3.8) is 0 Å². The quantitative estimate of drug-likeness (QED) is 0.748. The van der Waals surface area contributed by atoms with Gasteiger partial charge in [0.25, 0.3) is 5.95 Å². The second-order valence-corrected chi connectivity index (χ2v) is 5.58. The van der Waals surface area contributed by atoms with Gasteiger partial charge in [0.2, 0.25) is 0 Å². The molecule has 1 N–H and O–H groups in total. The summed E-state index contributed by atoms with van der Waals surface area (Å²) < 4.78 is 3.23. The molecule has 0 aliphatic rings. The largest absolute Gasteiger partial charge is 0.507 e. The SMILES string of the molecule is Cc1cc(C)n(-c2nnc(C)n2N=Cc2cc(Cl)ccc2O)n1. The Morgan fingerprint density at radius 1 is 1.17 bits per heavy atom. The number of rotatable bonds is 3. The summed E-state index contributed by atoms with van der Waals surface area (Å²) in [5.74, 6) is 1.17. The molecular formula is C15H15ClN6O. The van der Waals surface area contributed by atoms with Crippen LogP contribution in [0.15, 0.2) is 29.4 Å². The monoisotopic (exact) mass is 330 g/mol. The Morgan fingerprint density at radius 2 is 1.96 bits per heavy atom. The minimum atomic E-state index is 0.0940. The van der Waals surface area contributed by atoms with Gasteiger partial charge in [-0.1, -0.05) is 11.6 Å². The number of benzene rings is 1. The van der Waals surface area contributed by atoms with Gasteiger partial charge in [-0.2, -0.15) is 14.9 Å². The summed E-state index contributed by atoms with van der Waals surface area (Å²) in [5, 5.41) is 27.3. The zero-order valence-electron chi connectivity index (χ0n) is 12.9. The Kier molecular flexibility index (Phi) is 3.87. The van der Waals surface area contributed by atoms with E-state index >= 15 is 0 Å². The fourth-order valence-electron chi connectivity index (χ4n) is 2.19. The lowest BCUT2D eigenvalue weighted by molar-refractivity contribution is 0.474. The number of nitrogens with zero attached hydrogens (tertiary/aromatic N) is 6. The Labute approximate surface area is 137 Å². The smallest absolute Gasteiger partial charge is 0.273 e. The van der Waals surface area contributed by atoms with Crippen molar-refractivity contribution in [2.24, 2.45) is 5.10 Å². The molecule has 0 bridgehead atoms. The number of hydrogen-bond donors (Lipinski definition) is 1. The van der Waals surface area contributed by atoms with Crippen molar-refractivity contribution < 1.29 is 5.11 Å². The molecular weight excluding hydrogens is 316 g/mol. The van der Waals surface area contributed by atoms with E-state index in [0.29, 0.717) is 22.4 Å². The van der Waals surface area contributed by atoms with Crippen molar-refractivity contribution in [2.45, 2.75) is 20.8 Å². The predicted molar refractivity (Wildman–Crippen MR) is 87.5 cm³/mol. The molecule has 0 fully saturated rings. The van der Waals surface area contributed by atoms with Crippen LogP contribution in [0.3, 0.4) is 0 Å². The highest BCUT2D eigenvalue weighted by Gasteiger charge is 2.13. The summed E-state index contributed by atoms with van der Waals surface area (Å²) in [5.41, 5.74) is 2.31. The number of halogens is 1. The van der Waals surface area contributed by atoms with Gasteiger partial charge in [0, 0.05) is 16.3 Å². The van der Waals surface area contributed by atoms with E-state index < -0.39 is 0 Å². The summed E-state index contributed by atoms with van der Waals surface area (Å²) in [4.78, 5) is 0. The van der Waals surface area contributed by atoms with Crippen LogP contribution in [0.4, 0.5) is 0 Å². The molecule has 8 heteroatoms. The molecule has 0 atom stereocenters. The Hall–Kier alpha value is -2.67. The van der Waals surface area contributed by atoms with Crippen LogP contribution < -0.4 is 0 Å². The highest BCUT2D eigenvalue weighted by atomic mass is 35.5. The molecule has 3 rings (SSSR count). The molecule has 0 amide bonds. The van der Waals surface area contributed by atoms with Gasteiger partial charge in [0.15, 0.2) is 5.82 Å². The molecule has 0 spiro atoms. The third-order valence-corrected chi connectivity index (χ3v) is 3.52. The third-order valence-electron chi connectivity index (χ3n) is 3.28. The van der Waals surface area contributed by atoms with E-state index in [1.165, 1.54) is 12.3 Å². The van der Waals surface area contributed by atoms with Crippen LogP contribution >= 0.6 is 11.6 Å². The highest BCUT2D eigenvalue weighted by molar-refractivity contribution is 6.30. The molecule has 3 aromatic rings. The number of aryl methyl sites for hydroxylation is 3. The molecule has 23 heavy (non-hydrogen) atoms. The van der Waals surface area contributed by atoms with Crippen LogP contribution in [0.1, 0.15) is 22.8 Å². The maximum absolute atomic E-state index is 9.86. The first kappa shape index (κ1) is 15.2. The molecule has 0 unspecified atom stereocenters. The van der Waals surface area contributed by atoms with Crippen LogP contribution in [0.5, 0.6) is 5.75 Å². The average molecular weight is 331 g/mol. The second-order valence-electron chi connectivity index (χ2n) is 5.15. The first-order valence-corrected chi connectivity index (χ1v) is 7.32. The lowest BCUT2D eigenvalue weighted by Crippen LogP contribution is -2.08. The van der Waals surface area contributed by atoms with Gasteiger partial charge in [-0.15, -0.1) is 10.2 Å². The van der Waals surface area contributed by atoms with Crippen LogP contribution in [-0.4, -0.2) is 36.0 Å². The van der Waals surface area contributed by atoms with Crippen molar-refractivity contribution in [3.05, 3.63) is 52.1 Å². The first-order valence-electron chi connectivity index (χ1n) is 6.94. The van der Waals surface area contributed by atoms with Gasteiger partial charge >= 0.3 is 0 Å². The number of aromatic hydroxyl groups is 1. The van der Waals surface area contributed by atoms with Crippen molar-refractivity contribution in [1.29, 1.82) is 0 Å². The zero-order valence-corrected chi connectivity index (χ0v) is 13.7. The van der Waals surface area contributed by atoms with E-state index in [4.69, 9.17) is 11.6 Å². The molecule has 2 aromatic heterocycles. The summed E-state index contributed by atoms with van der Waals surface area (Å²) in [7, 11) is 0. The molecule has 0 saturated heterocycles. The van der Waals surface area contributed by atoms with E-state index in [1.807, 2.05) is 19.9 Å².